The van der Waals surface area contributed by atoms with Crippen LogP contribution in [0.15, 0.2) is 35.8 Å². The topological polar surface area (TPSA) is 33.2 Å². The van der Waals surface area contributed by atoms with Crippen molar-refractivity contribution in [2.75, 3.05) is 13.1 Å². The average Bonchev–Trinajstić information content (AvgIpc) is 3.01. The first-order chi connectivity index (χ1) is 9.74. The van der Waals surface area contributed by atoms with Crippen LogP contribution in [-0.4, -0.2) is 28.9 Å². The van der Waals surface area contributed by atoms with E-state index in [9.17, 15) is 4.79 Å². The van der Waals surface area contributed by atoms with Gasteiger partial charge >= 0.3 is 0 Å². The molecular formula is C16H18N2OS. The highest BCUT2D eigenvalue weighted by Crippen LogP contribution is 2.23. The first-order valence-corrected chi connectivity index (χ1v) is 7.91. The molecule has 1 amide bonds. The molecule has 104 valence electrons. The number of nitrogens with zero attached hydrogens (tertiary/aromatic N) is 2. The SMILES string of the molecule is C[C@H]1CCCN(C(=O)c2ccc(-c3cccs3)nc2)C1. The summed E-state index contributed by atoms with van der Waals surface area (Å²) in [6.07, 6.45) is 4.03. The number of rotatable bonds is 2. The first-order valence-electron chi connectivity index (χ1n) is 7.03. The predicted molar refractivity (Wildman–Crippen MR) is 81.9 cm³/mol. The molecule has 0 bridgehead atoms. The number of carbonyl (C=O) groups excluding carboxylic acids is 1. The van der Waals surface area contributed by atoms with Crippen LogP contribution in [-0.2, 0) is 0 Å². The summed E-state index contributed by atoms with van der Waals surface area (Å²) >= 11 is 1.66. The number of pyridine rings is 1. The molecule has 4 heteroatoms. The maximum Gasteiger partial charge on any atom is 0.255 e. The van der Waals surface area contributed by atoms with Gasteiger partial charge < -0.3 is 4.90 Å². The van der Waals surface area contributed by atoms with E-state index in [4.69, 9.17) is 0 Å². The van der Waals surface area contributed by atoms with E-state index in [0.717, 1.165) is 30.1 Å². The largest absolute Gasteiger partial charge is 0.338 e. The van der Waals surface area contributed by atoms with E-state index in [2.05, 4.69) is 11.9 Å². The lowest BCUT2D eigenvalue weighted by Gasteiger charge is -2.30. The molecule has 1 aliphatic rings. The van der Waals surface area contributed by atoms with Gasteiger partial charge in [-0.1, -0.05) is 13.0 Å². The van der Waals surface area contributed by atoms with Gasteiger partial charge in [-0.2, -0.15) is 0 Å². The van der Waals surface area contributed by atoms with Gasteiger partial charge in [0, 0.05) is 19.3 Å². The van der Waals surface area contributed by atoms with E-state index in [-0.39, 0.29) is 5.91 Å². The lowest BCUT2D eigenvalue weighted by molar-refractivity contribution is 0.0682. The minimum absolute atomic E-state index is 0.113. The Morgan fingerprint density at radius 3 is 2.95 bits per heavy atom. The number of carbonyl (C=O) groups is 1. The minimum Gasteiger partial charge on any atom is -0.338 e. The molecule has 0 N–H and O–H groups in total. The molecule has 1 fully saturated rings. The summed E-state index contributed by atoms with van der Waals surface area (Å²) in [7, 11) is 0. The monoisotopic (exact) mass is 286 g/mol. The van der Waals surface area contributed by atoms with Crippen LogP contribution in [0.1, 0.15) is 30.1 Å². The van der Waals surface area contributed by atoms with E-state index in [1.54, 1.807) is 17.5 Å². The second kappa shape index (κ2) is 5.75. The third-order valence-electron chi connectivity index (χ3n) is 3.73. The Bertz CT molecular complexity index is 577. The van der Waals surface area contributed by atoms with E-state index in [0.29, 0.717) is 11.5 Å². The Morgan fingerprint density at radius 1 is 1.40 bits per heavy atom. The quantitative estimate of drug-likeness (QED) is 0.843. The predicted octanol–water partition coefficient (Wildman–Crippen LogP) is 3.68. The number of amides is 1. The fourth-order valence-corrected chi connectivity index (χ4v) is 3.35. The fraction of sp³-hybridized carbons (Fsp3) is 0.375. The molecular weight excluding hydrogens is 268 g/mol. The molecule has 0 aromatic carbocycles. The van der Waals surface area contributed by atoms with Crippen molar-refractivity contribution in [3.8, 4) is 10.6 Å². The summed E-state index contributed by atoms with van der Waals surface area (Å²) in [6, 6.07) is 7.88. The number of hydrogen-bond acceptors (Lipinski definition) is 3. The summed E-state index contributed by atoms with van der Waals surface area (Å²) < 4.78 is 0. The minimum atomic E-state index is 0.113. The Kier molecular flexibility index (Phi) is 3.83. The molecule has 3 rings (SSSR count). The highest BCUT2D eigenvalue weighted by atomic mass is 32.1. The summed E-state index contributed by atoms with van der Waals surface area (Å²) in [5, 5.41) is 2.03. The number of piperidine rings is 1. The van der Waals surface area contributed by atoms with Crippen molar-refractivity contribution in [3.63, 3.8) is 0 Å². The third-order valence-corrected chi connectivity index (χ3v) is 4.62. The van der Waals surface area contributed by atoms with E-state index < -0.39 is 0 Å². The van der Waals surface area contributed by atoms with Gasteiger partial charge in [0.2, 0.25) is 0 Å². The number of likely N-dealkylation sites (tertiary alicyclic amines) is 1. The molecule has 3 nitrogen and oxygen atoms in total. The molecule has 1 aliphatic heterocycles. The Hall–Kier alpha value is -1.68. The molecule has 3 heterocycles. The molecule has 1 saturated heterocycles. The lowest BCUT2D eigenvalue weighted by Crippen LogP contribution is -2.39. The molecule has 2 aromatic heterocycles. The van der Waals surface area contributed by atoms with Crippen molar-refractivity contribution in [1.29, 1.82) is 0 Å². The third kappa shape index (κ3) is 2.75. The first kappa shape index (κ1) is 13.3. The normalized spacial score (nSPS) is 19.1. The maximum atomic E-state index is 12.4. The molecule has 1 atom stereocenters. The van der Waals surface area contributed by atoms with Crippen molar-refractivity contribution in [2.24, 2.45) is 5.92 Å². The zero-order chi connectivity index (χ0) is 13.9. The lowest BCUT2D eigenvalue weighted by atomic mass is 10.00. The smallest absolute Gasteiger partial charge is 0.255 e. The molecule has 0 spiro atoms. The molecule has 0 saturated carbocycles. The van der Waals surface area contributed by atoms with Crippen molar-refractivity contribution in [1.82, 2.24) is 9.88 Å². The number of thiophene rings is 1. The van der Waals surface area contributed by atoms with Crippen LogP contribution in [0.4, 0.5) is 0 Å². The van der Waals surface area contributed by atoms with Crippen LogP contribution in [0, 0.1) is 5.92 Å². The van der Waals surface area contributed by atoms with Crippen LogP contribution >= 0.6 is 11.3 Å². The van der Waals surface area contributed by atoms with Crippen molar-refractivity contribution < 1.29 is 4.79 Å². The van der Waals surface area contributed by atoms with Gasteiger partial charge in [0.25, 0.3) is 5.91 Å². The molecule has 0 aliphatic carbocycles. The number of aromatic nitrogens is 1. The number of hydrogen-bond donors (Lipinski definition) is 0. The van der Waals surface area contributed by atoms with Gasteiger partial charge in [-0.3, -0.25) is 9.78 Å². The Labute approximate surface area is 123 Å². The van der Waals surface area contributed by atoms with Gasteiger partial charge in [-0.15, -0.1) is 11.3 Å². The van der Waals surface area contributed by atoms with E-state index in [1.165, 1.54) is 6.42 Å². The van der Waals surface area contributed by atoms with Gasteiger partial charge in [0.05, 0.1) is 16.1 Å². The summed E-state index contributed by atoms with van der Waals surface area (Å²) in [5.41, 5.74) is 1.63. The van der Waals surface area contributed by atoms with E-state index >= 15 is 0 Å². The van der Waals surface area contributed by atoms with Gasteiger partial charge in [-0.05, 0) is 42.3 Å². The zero-order valence-corrected chi connectivity index (χ0v) is 12.4. The van der Waals surface area contributed by atoms with Crippen molar-refractivity contribution in [3.05, 3.63) is 41.4 Å². The van der Waals surface area contributed by atoms with Crippen molar-refractivity contribution >= 4 is 17.2 Å². The standard InChI is InChI=1S/C16H18N2OS/c1-12-4-2-8-18(11-12)16(19)13-6-7-14(17-10-13)15-5-3-9-20-15/h3,5-7,9-10,12H,2,4,8,11H2,1H3/t12-/m0/s1. The van der Waals surface area contributed by atoms with E-state index in [1.807, 2.05) is 34.5 Å². The Balaban J connectivity index is 1.75. The highest BCUT2D eigenvalue weighted by molar-refractivity contribution is 7.13. The maximum absolute atomic E-state index is 12.4. The average molecular weight is 286 g/mol. The molecule has 20 heavy (non-hydrogen) atoms. The van der Waals surface area contributed by atoms with Crippen LogP contribution in [0.25, 0.3) is 10.6 Å². The van der Waals surface area contributed by atoms with Gasteiger partial charge in [-0.25, -0.2) is 0 Å². The Morgan fingerprint density at radius 2 is 2.30 bits per heavy atom. The molecule has 0 unspecified atom stereocenters. The van der Waals surface area contributed by atoms with Gasteiger partial charge in [0.1, 0.15) is 0 Å². The fourth-order valence-electron chi connectivity index (χ4n) is 2.65. The second-order valence-corrected chi connectivity index (χ2v) is 6.36. The van der Waals surface area contributed by atoms with Crippen LogP contribution in [0.5, 0.6) is 0 Å². The van der Waals surface area contributed by atoms with Crippen molar-refractivity contribution in [2.45, 2.75) is 19.8 Å². The van der Waals surface area contributed by atoms with Gasteiger partial charge in [0.15, 0.2) is 0 Å². The summed E-state index contributed by atoms with van der Waals surface area (Å²) in [5.74, 6) is 0.716. The summed E-state index contributed by atoms with van der Waals surface area (Å²) in [4.78, 5) is 19.9. The molecule has 0 radical (unpaired) electrons. The summed E-state index contributed by atoms with van der Waals surface area (Å²) in [6.45, 7) is 3.94. The highest BCUT2D eigenvalue weighted by Gasteiger charge is 2.22. The second-order valence-electron chi connectivity index (χ2n) is 5.41. The van der Waals surface area contributed by atoms with Crippen LogP contribution < -0.4 is 0 Å². The van der Waals surface area contributed by atoms with Crippen LogP contribution in [0.2, 0.25) is 0 Å². The zero-order valence-electron chi connectivity index (χ0n) is 11.6. The van der Waals surface area contributed by atoms with Crippen LogP contribution in [0.3, 0.4) is 0 Å². The molecule has 2 aromatic rings.